The maximum absolute atomic E-state index is 9.06. The smallest absolute Gasteiger partial charge is 0.119 e. The predicted molar refractivity (Wildman–Crippen MR) is 110 cm³/mol. The largest absolute Gasteiger partial charge is 0.491 e. The van der Waals surface area contributed by atoms with Crippen molar-refractivity contribution in [3.63, 3.8) is 0 Å². The topological polar surface area (TPSA) is 58.9 Å². The van der Waals surface area contributed by atoms with E-state index < -0.39 is 5.41 Å². The van der Waals surface area contributed by atoms with Crippen molar-refractivity contribution in [2.24, 2.45) is 0 Å². The molecule has 146 valence electrons. The average molecular weight is 378 g/mol. The Bertz CT molecular complexity index is 825. The van der Waals surface area contributed by atoms with Crippen LogP contribution in [0.3, 0.4) is 0 Å². The molecule has 0 radical (unpaired) electrons. The number of hydrogen-bond acceptors (Lipinski definition) is 4. The van der Waals surface area contributed by atoms with Gasteiger partial charge in [0.1, 0.15) is 24.7 Å². The van der Waals surface area contributed by atoms with Crippen LogP contribution in [-0.2, 0) is 5.41 Å². The summed E-state index contributed by atoms with van der Waals surface area (Å²) in [6.45, 7) is 2.65. The summed E-state index contributed by atoms with van der Waals surface area (Å²) in [6, 6.07) is 26.2. The molecule has 0 aromatic heterocycles. The number of aliphatic hydroxyl groups excluding tert-OH is 2. The van der Waals surface area contributed by atoms with Gasteiger partial charge in [-0.3, -0.25) is 0 Å². The molecule has 0 aliphatic heterocycles. The SMILES string of the molecule is CC(c1ccccc1)(c1cccc(OCCO)c1)c1cccc(OCCO)c1. The molecule has 28 heavy (non-hydrogen) atoms. The van der Waals surface area contributed by atoms with Gasteiger partial charge in [-0.05, 0) is 47.9 Å². The highest BCUT2D eigenvalue weighted by molar-refractivity contribution is 5.52. The van der Waals surface area contributed by atoms with E-state index in [9.17, 15) is 0 Å². The molecule has 3 aromatic carbocycles. The number of hydrogen-bond donors (Lipinski definition) is 2. The molecular formula is C24H26O4. The summed E-state index contributed by atoms with van der Waals surface area (Å²) in [4.78, 5) is 0. The number of ether oxygens (including phenoxy) is 2. The van der Waals surface area contributed by atoms with Crippen molar-refractivity contribution in [2.45, 2.75) is 12.3 Å². The Labute approximate surface area is 166 Å². The lowest BCUT2D eigenvalue weighted by Gasteiger charge is -2.32. The maximum atomic E-state index is 9.06. The van der Waals surface area contributed by atoms with E-state index >= 15 is 0 Å². The third-order valence-corrected chi connectivity index (χ3v) is 4.89. The summed E-state index contributed by atoms with van der Waals surface area (Å²) >= 11 is 0. The second kappa shape index (κ2) is 9.40. The molecule has 0 unspecified atom stereocenters. The van der Waals surface area contributed by atoms with Crippen molar-refractivity contribution in [1.82, 2.24) is 0 Å². The molecule has 0 aliphatic carbocycles. The first-order valence-corrected chi connectivity index (χ1v) is 9.42. The minimum absolute atomic E-state index is 0.0234. The average Bonchev–Trinajstić information content (AvgIpc) is 2.76. The molecule has 0 heterocycles. The molecule has 0 saturated heterocycles. The van der Waals surface area contributed by atoms with Gasteiger partial charge in [0.05, 0.1) is 13.2 Å². The number of aliphatic hydroxyl groups is 2. The lowest BCUT2D eigenvalue weighted by atomic mass is 9.71. The minimum atomic E-state index is -0.432. The van der Waals surface area contributed by atoms with Crippen molar-refractivity contribution in [3.8, 4) is 11.5 Å². The van der Waals surface area contributed by atoms with Crippen LogP contribution < -0.4 is 9.47 Å². The van der Waals surface area contributed by atoms with Gasteiger partial charge in [0, 0.05) is 5.41 Å². The Morgan fingerprint density at radius 1 is 0.643 bits per heavy atom. The van der Waals surface area contributed by atoms with Crippen molar-refractivity contribution in [3.05, 3.63) is 95.6 Å². The molecule has 0 spiro atoms. The van der Waals surface area contributed by atoms with Crippen LogP contribution in [-0.4, -0.2) is 36.6 Å². The first-order chi connectivity index (χ1) is 13.7. The van der Waals surface area contributed by atoms with E-state index in [1.807, 2.05) is 54.6 Å². The summed E-state index contributed by atoms with van der Waals surface area (Å²) in [5, 5.41) is 18.1. The van der Waals surface area contributed by atoms with Crippen LogP contribution in [0.5, 0.6) is 11.5 Å². The summed E-state index contributed by atoms with van der Waals surface area (Å²) in [7, 11) is 0. The van der Waals surface area contributed by atoms with Crippen LogP contribution in [0.25, 0.3) is 0 Å². The van der Waals surface area contributed by atoms with Crippen LogP contribution in [0.1, 0.15) is 23.6 Å². The van der Waals surface area contributed by atoms with E-state index in [0.717, 1.165) is 28.2 Å². The van der Waals surface area contributed by atoms with Gasteiger partial charge in [-0.25, -0.2) is 0 Å². The van der Waals surface area contributed by atoms with Gasteiger partial charge in [-0.15, -0.1) is 0 Å². The van der Waals surface area contributed by atoms with Gasteiger partial charge in [-0.1, -0.05) is 54.6 Å². The Hall–Kier alpha value is -2.82. The van der Waals surface area contributed by atoms with Crippen molar-refractivity contribution < 1.29 is 19.7 Å². The maximum Gasteiger partial charge on any atom is 0.119 e. The van der Waals surface area contributed by atoms with E-state index in [4.69, 9.17) is 19.7 Å². The Kier molecular flexibility index (Phi) is 6.69. The third-order valence-electron chi connectivity index (χ3n) is 4.89. The predicted octanol–water partition coefficient (Wildman–Crippen LogP) is 3.78. The zero-order valence-corrected chi connectivity index (χ0v) is 16.0. The highest BCUT2D eigenvalue weighted by atomic mass is 16.5. The molecule has 3 aromatic rings. The lowest BCUT2D eigenvalue weighted by Crippen LogP contribution is -2.25. The van der Waals surface area contributed by atoms with Crippen LogP contribution in [0.2, 0.25) is 0 Å². The summed E-state index contributed by atoms with van der Waals surface area (Å²) in [5.41, 5.74) is 2.87. The van der Waals surface area contributed by atoms with Gasteiger partial charge in [0.15, 0.2) is 0 Å². The molecule has 0 fully saturated rings. The molecule has 0 aliphatic rings. The molecule has 4 heteroatoms. The summed E-state index contributed by atoms with van der Waals surface area (Å²) < 4.78 is 11.3. The molecule has 3 rings (SSSR count). The highest BCUT2D eigenvalue weighted by Crippen LogP contribution is 2.40. The Balaban J connectivity index is 2.10. The fraction of sp³-hybridized carbons (Fsp3) is 0.250. The van der Waals surface area contributed by atoms with E-state index in [-0.39, 0.29) is 26.4 Å². The second-order valence-corrected chi connectivity index (χ2v) is 6.69. The minimum Gasteiger partial charge on any atom is -0.491 e. The van der Waals surface area contributed by atoms with Gasteiger partial charge in [-0.2, -0.15) is 0 Å². The van der Waals surface area contributed by atoms with E-state index in [1.54, 1.807) is 0 Å². The van der Waals surface area contributed by atoms with Gasteiger partial charge in [0.2, 0.25) is 0 Å². The highest BCUT2D eigenvalue weighted by Gasteiger charge is 2.31. The number of rotatable bonds is 9. The molecule has 0 saturated carbocycles. The quantitative estimate of drug-likeness (QED) is 0.556. The molecule has 0 amide bonds. The van der Waals surface area contributed by atoms with E-state index in [0.29, 0.717) is 0 Å². The van der Waals surface area contributed by atoms with Gasteiger partial charge >= 0.3 is 0 Å². The Morgan fingerprint density at radius 2 is 1.11 bits per heavy atom. The van der Waals surface area contributed by atoms with Crippen molar-refractivity contribution in [1.29, 1.82) is 0 Å². The normalized spacial score (nSPS) is 11.2. The fourth-order valence-corrected chi connectivity index (χ4v) is 3.39. The fourth-order valence-electron chi connectivity index (χ4n) is 3.39. The first-order valence-electron chi connectivity index (χ1n) is 9.42. The zero-order chi connectivity index (χ0) is 19.8. The second-order valence-electron chi connectivity index (χ2n) is 6.69. The van der Waals surface area contributed by atoms with Gasteiger partial charge < -0.3 is 19.7 Å². The molecule has 0 atom stereocenters. The van der Waals surface area contributed by atoms with Crippen LogP contribution in [0, 0.1) is 0 Å². The summed E-state index contributed by atoms with van der Waals surface area (Å²) in [6.07, 6.45) is 0. The number of benzene rings is 3. The molecular weight excluding hydrogens is 352 g/mol. The lowest BCUT2D eigenvalue weighted by molar-refractivity contribution is 0.201. The van der Waals surface area contributed by atoms with Crippen molar-refractivity contribution in [2.75, 3.05) is 26.4 Å². The Morgan fingerprint density at radius 3 is 1.57 bits per heavy atom. The van der Waals surface area contributed by atoms with Crippen LogP contribution in [0.15, 0.2) is 78.9 Å². The van der Waals surface area contributed by atoms with Gasteiger partial charge in [0.25, 0.3) is 0 Å². The standard InChI is InChI=1S/C24H26O4/c1-24(19-7-3-2-4-8-19,20-9-5-11-22(17-20)27-15-13-25)21-10-6-12-23(18-21)28-16-14-26/h2-12,17-18,25-26H,13-16H2,1H3. The van der Waals surface area contributed by atoms with Crippen molar-refractivity contribution >= 4 is 0 Å². The zero-order valence-electron chi connectivity index (χ0n) is 16.0. The monoisotopic (exact) mass is 378 g/mol. The molecule has 4 nitrogen and oxygen atoms in total. The molecule has 0 bridgehead atoms. The van der Waals surface area contributed by atoms with E-state index in [1.165, 1.54) is 0 Å². The first kappa shape index (κ1) is 19.9. The van der Waals surface area contributed by atoms with E-state index in [2.05, 4.69) is 31.2 Å². The van der Waals surface area contributed by atoms with Crippen LogP contribution >= 0.6 is 0 Å². The van der Waals surface area contributed by atoms with Crippen LogP contribution in [0.4, 0.5) is 0 Å². The molecule has 2 N–H and O–H groups in total. The third kappa shape index (κ3) is 4.35. The summed E-state index contributed by atoms with van der Waals surface area (Å²) in [5.74, 6) is 1.45.